The second-order valence-electron chi connectivity index (χ2n) is 7.43. The monoisotopic (exact) mass is 349 g/mol. The van der Waals surface area contributed by atoms with E-state index in [-0.39, 0.29) is 17.2 Å². The van der Waals surface area contributed by atoms with Crippen LogP contribution in [0.5, 0.6) is 0 Å². The number of hydrogen-bond acceptors (Lipinski definition) is 4. The zero-order chi connectivity index (χ0) is 18.1. The van der Waals surface area contributed by atoms with Gasteiger partial charge in [-0.25, -0.2) is 4.98 Å². The Hall–Kier alpha value is -2.50. The number of nitrogens with one attached hydrogen (secondary N) is 1. The van der Waals surface area contributed by atoms with Crippen LogP contribution in [0.15, 0.2) is 59.4 Å². The molecule has 1 aromatic heterocycles. The highest BCUT2D eigenvalue weighted by Crippen LogP contribution is 2.31. The molecule has 0 aliphatic carbocycles. The number of fused-ring (bicyclic) bond motifs is 1. The van der Waals surface area contributed by atoms with Crippen molar-refractivity contribution in [2.24, 2.45) is 0 Å². The fourth-order valence-electron chi connectivity index (χ4n) is 3.43. The Morgan fingerprint density at radius 3 is 2.69 bits per heavy atom. The van der Waals surface area contributed by atoms with E-state index in [1.54, 1.807) is 6.07 Å². The van der Waals surface area contributed by atoms with Gasteiger partial charge >= 0.3 is 0 Å². The third-order valence-corrected chi connectivity index (χ3v) is 5.05. The second kappa shape index (κ2) is 6.67. The van der Waals surface area contributed by atoms with Crippen molar-refractivity contribution in [3.05, 3.63) is 76.3 Å². The molecule has 0 radical (unpaired) electrons. The van der Waals surface area contributed by atoms with Crippen molar-refractivity contribution in [3.63, 3.8) is 0 Å². The molecule has 2 aromatic carbocycles. The highest BCUT2D eigenvalue weighted by Gasteiger charge is 2.35. The molecule has 0 amide bonds. The lowest BCUT2D eigenvalue weighted by atomic mass is 9.98. The number of benzene rings is 2. The molecule has 5 nitrogen and oxygen atoms in total. The van der Waals surface area contributed by atoms with Crippen LogP contribution in [0, 0.1) is 0 Å². The lowest BCUT2D eigenvalue weighted by Gasteiger charge is -2.45. The van der Waals surface area contributed by atoms with Crippen molar-refractivity contribution >= 4 is 10.9 Å². The Balaban J connectivity index is 1.62. The Bertz CT molecular complexity index is 966. The lowest BCUT2D eigenvalue weighted by Crippen LogP contribution is -2.53. The van der Waals surface area contributed by atoms with Gasteiger partial charge in [0.05, 0.1) is 30.2 Å². The first kappa shape index (κ1) is 16.9. The largest absolute Gasteiger partial charge is 0.370 e. The average Bonchev–Trinajstić information content (AvgIpc) is 2.64. The smallest absolute Gasteiger partial charge is 0.258 e. The van der Waals surface area contributed by atoms with E-state index < -0.39 is 0 Å². The summed E-state index contributed by atoms with van der Waals surface area (Å²) >= 11 is 0. The minimum absolute atomic E-state index is 0.0244. The van der Waals surface area contributed by atoms with Gasteiger partial charge < -0.3 is 9.72 Å². The maximum absolute atomic E-state index is 12.3. The summed E-state index contributed by atoms with van der Waals surface area (Å²) in [6.07, 6.45) is 0.0244. The summed E-state index contributed by atoms with van der Waals surface area (Å²) in [7, 11) is 0. The fraction of sp³-hybridized carbons (Fsp3) is 0.333. The van der Waals surface area contributed by atoms with Crippen LogP contribution in [-0.4, -0.2) is 33.6 Å². The number of aromatic amines is 1. The number of nitrogens with zero attached hydrogens (tertiary/aromatic N) is 2. The Kier molecular flexibility index (Phi) is 4.34. The van der Waals surface area contributed by atoms with Crippen molar-refractivity contribution < 1.29 is 4.74 Å². The molecule has 26 heavy (non-hydrogen) atoms. The van der Waals surface area contributed by atoms with Gasteiger partial charge in [0.25, 0.3) is 5.56 Å². The van der Waals surface area contributed by atoms with Crippen molar-refractivity contribution in [1.29, 1.82) is 0 Å². The summed E-state index contributed by atoms with van der Waals surface area (Å²) in [5, 5.41) is 0.625. The molecular weight excluding hydrogens is 326 g/mol. The molecule has 1 aliphatic rings. The van der Waals surface area contributed by atoms with Gasteiger partial charge in [-0.2, -0.15) is 0 Å². The van der Waals surface area contributed by atoms with E-state index >= 15 is 0 Å². The highest BCUT2D eigenvalue weighted by atomic mass is 16.5. The third kappa shape index (κ3) is 3.28. The SMILES string of the molecule is CC1(C)COC(c2ccccc2)CN1Cc1nc2ccccc2c(=O)[nH]1. The van der Waals surface area contributed by atoms with Gasteiger partial charge in [-0.1, -0.05) is 42.5 Å². The van der Waals surface area contributed by atoms with Gasteiger partial charge in [0.2, 0.25) is 0 Å². The number of morpholine rings is 1. The number of H-pyrrole nitrogens is 1. The lowest BCUT2D eigenvalue weighted by molar-refractivity contribution is -0.105. The Labute approximate surface area is 152 Å². The zero-order valence-corrected chi connectivity index (χ0v) is 15.1. The topological polar surface area (TPSA) is 58.2 Å². The van der Waals surface area contributed by atoms with Crippen LogP contribution in [0.3, 0.4) is 0 Å². The number of rotatable bonds is 3. The second-order valence-corrected chi connectivity index (χ2v) is 7.43. The molecule has 0 spiro atoms. The van der Waals surface area contributed by atoms with Gasteiger partial charge in [-0.3, -0.25) is 9.69 Å². The minimum atomic E-state index is -0.129. The highest BCUT2D eigenvalue weighted by molar-refractivity contribution is 5.77. The number of para-hydroxylation sites is 1. The normalized spacial score (nSPS) is 20.3. The molecule has 1 saturated heterocycles. The van der Waals surface area contributed by atoms with Crippen molar-refractivity contribution in [3.8, 4) is 0 Å². The van der Waals surface area contributed by atoms with Gasteiger partial charge in [-0.05, 0) is 31.5 Å². The molecule has 5 heteroatoms. The molecule has 1 unspecified atom stereocenters. The zero-order valence-electron chi connectivity index (χ0n) is 15.1. The molecule has 134 valence electrons. The molecule has 1 atom stereocenters. The first-order valence-electron chi connectivity index (χ1n) is 8.92. The van der Waals surface area contributed by atoms with Gasteiger partial charge in [0.15, 0.2) is 0 Å². The van der Waals surface area contributed by atoms with Crippen LogP contribution >= 0.6 is 0 Å². The van der Waals surface area contributed by atoms with E-state index in [1.165, 1.54) is 5.56 Å². The van der Waals surface area contributed by atoms with Crippen molar-refractivity contribution in [2.75, 3.05) is 13.2 Å². The number of aromatic nitrogens is 2. The van der Waals surface area contributed by atoms with Gasteiger partial charge in [0, 0.05) is 12.1 Å². The van der Waals surface area contributed by atoms with E-state index in [1.807, 2.05) is 36.4 Å². The summed E-state index contributed by atoms with van der Waals surface area (Å²) in [6.45, 7) is 6.29. The minimum Gasteiger partial charge on any atom is -0.370 e. The summed E-state index contributed by atoms with van der Waals surface area (Å²) in [4.78, 5) is 22.3. The van der Waals surface area contributed by atoms with Crippen LogP contribution in [0.1, 0.15) is 31.3 Å². The molecule has 2 heterocycles. The molecule has 0 bridgehead atoms. The molecule has 1 aliphatic heterocycles. The van der Waals surface area contributed by atoms with Crippen LogP contribution in [0.4, 0.5) is 0 Å². The maximum Gasteiger partial charge on any atom is 0.258 e. The predicted molar refractivity (Wildman–Crippen MR) is 102 cm³/mol. The molecule has 1 N–H and O–H groups in total. The van der Waals surface area contributed by atoms with Crippen LogP contribution in [0.25, 0.3) is 10.9 Å². The first-order chi connectivity index (χ1) is 12.5. The Morgan fingerprint density at radius 2 is 1.88 bits per heavy atom. The van der Waals surface area contributed by atoms with Crippen LogP contribution in [0.2, 0.25) is 0 Å². The molecule has 3 aromatic rings. The quantitative estimate of drug-likeness (QED) is 0.788. The van der Waals surface area contributed by atoms with Crippen molar-refractivity contribution in [1.82, 2.24) is 14.9 Å². The summed E-state index contributed by atoms with van der Waals surface area (Å²) in [6, 6.07) is 17.7. The maximum atomic E-state index is 12.3. The van der Waals surface area contributed by atoms with E-state index in [0.717, 1.165) is 12.1 Å². The number of ether oxygens (including phenoxy) is 1. The predicted octanol–water partition coefficient (Wildman–Crippen LogP) is 3.28. The number of hydrogen-bond donors (Lipinski definition) is 1. The van der Waals surface area contributed by atoms with Gasteiger partial charge in [-0.15, -0.1) is 0 Å². The molecular formula is C21H23N3O2. The Morgan fingerprint density at radius 1 is 1.15 bits per heavy atom. The van der Waals surface area contributed by atoms with E-state index in [0.29, 0.717) is 24.4 Å². The first-order valence-corrected chi connectivity index (χ1v) is 8.92. The van der Waals surface area contributed by atoms with Crippen molar-refractivity contribution in [2.45, 2.75) is 32.0 Å². The third-order valence-electron chi connectivity index (χ3n) is 5.05. The van der Waals surface area contributed by atoms with E-state index in [4.69, 9.17) is 4.74 Å². The molecule has 4 rings (SSSR count). The summed E-state index contributed by atoms with van der Waals surface area (Å²) in [5.74, 6) is 0.690. The van der Waals surface area contributed by atoms with E-state index in [2.05, 4.69) is 40.8 Å². The summed E-state index contributed by atoms with van der Waals surface area (Å²) in [5.41, 5.74) is 1.69. The average molecular weight is 349 g/mol. The van der Waals surface area contributed by atoms with Crippen LogP contribution in [-0.2, 0) is 11.3 Å². The summed E-state index contributed by atoms with van der Waals surface area (Å²) < 4.78 is 6.11. The van der Waals surface area contributed by atoms with Crippen LogP contribution < -0.4 is 5.56 Å². The fourth-order valence-corrected chi connectivity index (χ4v) is 3.43. The van der Waals surface area contributed by atoms with E-state index in [9.17, 15) is 4.79 Å². The standard InChI is InChI=1S/C21H23N3O2/c1-21(2)14-26-18(15-8-4-3-5-9-15)12-24(21)13-19-22-17-11-7-6-10-16(17)20(25)23-19/h3-11,18H,12-14H2,1-2H3,(H,22,23,25). The van der Waals surface area contributed by atoms with Gasteiger partial charge in [0.1, 0.15) is 5.82 Å². The molecule has 0 saturated carbocycles. The molecule has 1 fully saturated rings.